The zero-order chi connectivity index (χ0) is 19.0. The Morgan fingerprint density at radius 3 is 2.63 bits per heavy atom. The molecule has 7 nitrogen and oxygen atoms in total. The first-order valence-corrected chi connectivity index (χ1v) is 10.9. The number of para-hydroxylation sites is 1. The number of fused-ring (bicyclic) bond motifs is 1. The Morgan fingerprint density at radius 2 is 1.93 bits per heavy atom. The number of hydrogen-bond donors (Lipinski definition) is 0. The minimum Gasteiger partial charge on any atom is -0.488 e. The van der Waals surface area contributed by atoms with Crippen LogP contribution >= 0.6 is 0 Å². The molecule has 2 heterocycles. The number of carbonyl (C=O) groups is 2. The molecule has 1 aliphatic carbocycles. The third-order valence-electron chi connectivity index (χ3n) is 5.05. The van der Waals surface area contributed by atoms with E-state index < -0.39 is 15.8 Å². The van der Waals surface area contributed by atoms with Gasteiger partial charge in [-0.3, -0.25) is 4.79 Å². The molecule has 0 bridgehead atoms. The number of rotatable bonds is 5. The average molecular weight is 391 g/mol. The number of esters is 1. The van der Waals surface area contributed by atoms with Crippen molar-refractivity contribution in [2.45, 2.75) is 31.3 Å². The van der Waals surface area contributed by atoms with E-state index in [1.54, 1.807) is 11.0 Å². The van der Waals surface area contributed by atoms with Crippen LogP contribution in [0.4, 0.5) is 0 Å². The Morgan fingerprint density at radius 1 is 1.15 bits per heavy atom. The first-order chi connectivity index (χ1) is 12.9. The second-order valence-electron chi connectivity index (χ2n) is 7.16. The molecule has 0 spiro atoms. The molecule has 2 aliphatic heterocycles. The minimum atomic E-state index is -3.08. The van der Waals surface area contributed by atoms with Gasteiger partial charge in [0.2, 0.25) is 0 Å². The second kappa shape index (κ2) is 6.99. The van der Waals surface area contributed by atoms with Crippen molar-refractivity contribution in [3.05, 3.63) is 35.4 Å². The minimum absolute atomic E-state index is 0.00103. The number of benzene rings is 1. The fourth-order valence-electron chi connectivity index (χ4n) is 3.58. The van der Waals surface area contributed by atoms with Gasteiger partial charge in [0.05, 0.1) is 17.1 Å². The molecule has 4 rings (SSSR count). The maximum atomic E-state index is 12.6. The molecule has 1 saturated heterocycles. The number of carbonyl (C=O) groups excluding carboxylic acids is 2. The van der Waals surface area contributed by atoms with Crippen LogP contribution in [0.5, 0.6) is 5.75 Å². The van der Waals surface area contributed by atoms with Crippen LogP contribution in [0.15, 0.2) is 29.8 Å². The Balaban J connectivity index is 1.38. The highest BCUT2D eigenvalue weighted by atomic mass is 32.2. The van der Waals surface area contributed by atoms with Gasteiger partial charge in [0.25, 0.3) is 5.91 Å². The van der Waals surface area contributed by atoms with Crippen molar-refractivity contribution in [2.24, 2.45) is 0 Å². The molecule has 1 aromatic carbocycles. The normalized spacial score (nSPS) is 23.0. The van der Waals surface area contributed by atoms with Gasteiger partial charge in [0, 0.05) is 17.6 Å². The lowest BCUT2D eigenvalue weighted by Gasteiger charge is -2.28. The third-order valence-corrected chi connectivity index (χ3v) is 6.80. The van der Waals surface area contributed by atoms with Gasteiger partial charge in [0.15, 0.2) is 16.4 Å². The highest BCUT2D eigenvalue weighted by Gasteiger charge is 2.42. The molecule has 1 aromatic rings. The van der Waals surface area contributed by atoms with Gasteiger partial charge in [0.1, 0.15) is 12.4 Å². The predicted octanol–water partition coefficient (Wildman–Crippen LogP) is 1.18. The van der Waals surface area contributed by atoms with Crippen LogP contribution in [0.25, 0.3) is 6.08 Å². The SMILES string of the molecule is O=C(OCC(=O)N(C1CC1)[C@H]1CCS(=O)(=O)C1)C1=Cc2ccccc2OC1. The van der Waals surface area contributed by atoms with Gasteiger partial charge in [-0.1, -0.05) is 18.2 Å². The summed E-state index contributed by atoms with van der Waals surface area (Å²) in [5.74, 6) is -0.109. The molecule has 0 radical (unpaired) electrons. The summed E-state index contributed by atoms with van der Waals surface area (Å²) in [7, 11) is -3.08. The second-order valence-corrected chi connectivity index (χ2v) is 9.39. The first kappa shape index (κ1) is 18.0. The molecule has 1 atom stereocenters. The number of hydrogen-bond acceptors (Lipinski definition) is 6. The summed E-state index contributed by atoms with van der Waals surface area (Å²) in [6.45, 7) is -0.290. The van der Waals surface area contributed by atoms with Crippen molar-refractivity contribution in [3.8, 4) is 5.75 Å². The fourth-order valence-corrected chi connectivity index (χ4v) is 5.29. The molecule has 0 unspecified atom stereocenters. The van der Waals surface area contributed by atoms with Crippen LogP contribution in [0.3, 0.4) is 0 Å². The number of amides is 1. The molecule has 1 saturated carbocycles. The zero-order valence-corrected chi connectivity index (χ0v) is 15.6. The maximum absolute atomic E-state index is 12.6. The van der Waals surface area contributed by atoms with E-state index in [-0.39, 0.29) is 42.7 Å². The highest BCUT2D eigenvalue weighted by Crippen LogP contribution is 2.32. The van der Waals surface area contributed by atoms with E-state index >= 15 is 0 Å². The van der Waals surface area contributed by atoms with Gasteiger partial charge in [-0.2, -0.15) is 0 Å². The molecule has 8 heteroatoms. The average Bonchev–Trinajstić information content (AvgIpc) is 3.42. The van der Waals surface area contributed by atoms with Gasteiger partial charge in [-0.25, -0.2) is 13.2 Å². The molecule has 0 N–H and O–H groups in total. The van der Waals surface area contributed by atoms with E-state index in [2.05, 4.69) is 0 Å². The van der Waals surface area contributed by atoms with Crippen molar-refractivity contribution >= 4 is 27.8 Å². The fraction of sp³-hybridized carbons (Fsp3) is 0.474. The summed E-state index contributed by atoms with van der Waals surface area (Å²) >= 11 is 0. The van der Waals surface area contributed by atoms with E-state index in [1.165, 1.54) is 0 Å². The summed E-state index contributed by atoms with van der Waals surface area (Å²) < 4.78 is 34.2. The smallest absolute Gasteiger partial charge is 0.338 e. The Hall–Kier alpha value is -2.35. The molecule has 27 heavy (non-hydrogen) atoms. The Bertz CT molecular complexity index is 903. The molecule has 0 aromatic heterocycles. The number of nitrogens with zero attached hydrogens (tertiary/aromatic N) is 1. The number of sulfone groups is 1. The van der Waals surface area contributed by atoms with Gasteiger partial charge in [-0.15, -0.1) is 0 Å². The van der Waals surface area contributed by atoms with Crippen molar-refractivity contribution in [2.75, 3.05) is 24.7 Å². The van der Waals surface area contributed by atoms with Crippen molar-refractivity contribution in [1.29, 1.82) is 0 Å². The summed E-state index contributed by atoms with van der Waals surface area (Å²) in [6.07, 6.45) is 3.89. The number of ether oxygens (including phenoxy) is 2. The van der Waals surface area contributed by atoms with Crippen molar-refractivity contribution < 1.29 is 27.5 Å². The third kappa shape index (κ3) is 4.00. The monoisotopic (exact) mass is 391 g/mol. The topological polar surface area (TPSA) is 90.0 Å². The van der Waals surface area contributed by atoms with E-state index in [0.29, 0.717) is 17.7 Å². The Kier molecular flexibility index (Phi) is 4.67. The van der Waals surface area contributed by atoms with Crippen LogP contribution in [0.1, 0.15) is 24.8 Å². The van der Waals surface area contributed by atoms with Gasteiger partial charge in [-0.05, 0) is 31.4 Å². The van der Waals surface area contributed by atoms with E-state index in [0.717, 1.165) is 18.4 Å². The van der Waals surface area contributed by atoms with Crippen LogP contribution in [-0.2, 0) is 24.2 Å². The van der Waals surface area contributed by atoms with Crippen LogP contribution < -0.4 is 4.74 Å². The zero-order valence-electron chi connectivity index (χ0n) is 14.8. The lowest BCUT2D eigenvalue weighted by molar-refractivity contribution is -0.150. The quantitative estimate of drug-likeness (QED) is 0.701. The lowest BCUT2D eigenvalue weighted by Crippen LogP contribution is -2.44. The van der Waals surface area contributed by atoms with Crippen LogP contribution in [0, 0.1) is 0 Å². The summed E-state index contributed by atoms with van der Waals surface area (Å²) in [5.41, 5.74) is 1.14. The van der Waals surface area contributed by atoms with E-state index in [1.807, 2.05) is 24.3 Å². The molecular formula is C19H21NO6S. The van der Waals surface area contributed by atoms with Gasteiger partial charge < -0.3 is 14.4 Å². The van der Waals surface area contributed by atoms with Gasteiger partial charge >= 0.3 is 5.97 Å². The maximum Gasteiger partial charge on any atom is 0.338 e. The van der Waals surface area contributed by atoms with Crippen LogP contribution in [0.2, 0.25) is 0 Å². The first-order valence-electron chi connectivity index (χ1n) is 9.04. The summed E-state index contributed by atoms with van der Waals surface area (Å²) in [6, 6.07) is 7.11. The standard InChI is InChI=1S/C19H21NO6S/c21-18(20(15-5-6-15)16-7-8-27(23,24)12-16)11-26-19(22)14-9-13-3-1-2-4-17(13)25-10-14/h1-4,9,15-16H,5-8,10-12H2/t16-/m0/s1. The highest BCUT2D eigenvalue weighted by molar-refractivity contribution is 7.91. The van der Waals surface area contributed by atoms with Crippen molar-refractivity contribution in [1.82, 2.24) is 4.90 Å². The lowest BCUT2D eigenvalue weighted by atomic mass is 10.1. The molecular weight excluding hydrogens is 370 g/mol. The van der Waals surface area contributed by atoms with E-state index in [4.69, 9.17) is 9.47 Å². The summed E-state index contributed by atoms with van der Waals surface area (Å²) in [5, 5.41) is 0. The predicted molar refractivity (Wildman–Crippen MR) is 97.8 cm³/mol. The molecule has 1 amide bonds. The van der Waals surface area contributed by atoms with Crippen molar-refractivity contribution in [3.63, 3.8) is 0 Å². The largest absolute Gasteiger partial charge is 0.488 e. The molecule has 3 aliphatic rings. The molecule has 144 valence electrons. The van der Waals surface area contributed by atoms with E-state index in [9.17, 15) is 18.0 Å². The Labute approximate surface area is 157 Å². The molecule has 2 fully saturated rings. The van der Waals surface area contributed by atoms with Crippen LogP contribution in [-0.4, -0.2) is 62.0 Å². The summed E-state index contributed by atoms with van der Waals surface area (Å²) in [4.78, 5) is 26.5.